The van der Waals surface area contributed by atoms with Crippen molar-refractivity contribution >= 4 is 11.8 Å². The number of carboxylic acid groups (broad SMARTS) is 1. The largest absolute Gasteiger partial charge is 0.476 e. The average Bonchev–Trinajstić information content (AvgIpc) is 3.09. The lowest BCUT2D eigenvalue weighted by atomic mass is 10.1. The molecule has 6 nitrogen and oxygen atoms in total. The molecule has 2 aromatic rings. The van der Waals surface area contributed by atoms with Crippen LogP contribution in [0, 0.1) is 0 Å². The van der Waals surface area contributed by atoms with E-state index < -0.39 is 5.97 Å². The van der Waals surface area contributed by atoms with Crippen LogP contribution in [0.4, 0.5) is 5.82 Å². The maximum Gasteiger partial charge on any atom is 0.356 e. The topological polar surface area (TPSA) is 75.5 Å². The van der Waals surface area contributed by atoms with Crippen molar-refractivity contribution in [2.45, 2.75) is 25.4 Å². The lowest BCUT2D eigenvalue weighted by Crippen LogP contribution is -2.24. The summed E-state index contributed by atoms with van der Waals surface area (Å²) in [6.45, 7) is 2.37. The molecule has 1 fully saturated rings. The molecule has 126 valence electrons. The molecule has 0 radical (unpaired) electrons. The molecule has 1 aromatic carbocycles. The molecule has 1 unspecified atom stereocenters. The van der Waals surface area contributed by atoms with Crippen molar-refractivity contribution in [3.8, 4) is 0 Å². The van der Waals surface area contributed by atoms with Gasteiger partial charge in [0.05, 0.1) is 18.5 Å². The van der Waals surface area contributed by atoms with Crippen molar-refractivity contribution in [3.63, 3.8) is 0 Å². The van der Waals surface area contributed by atoms with Crippen LogP contribution in [-0.4, -0.2) is 46.8 Å². The third kappa shape index (κ3) is 4.29. The van der Waals surface area contributed by atoms with E-state index in [1.165, 1.54) is 18.0 Å². The Balaban J connectivity index is 1.41. The van der Waals surface area contributed by atoms with Crippen LogP contribution >= 0.6 is 0 Å². The van der Waals surface area contributed by atoms with E-state index in [1.807, 2.05) is 6.07 Å². The molecule has 1 N–H and O–H groups in total. The van der Waals surface area contributed by atoms with E-state index >= 15 is 0 Å². The highest BCUT2D eigenvalue weighted by Gasteiger charge is 2.24. The highest BCUT2D eigenvalue weighted by atomic mass is 16.5. The first kappa shape index (κ1) is 16.4. The molecule has 0 bridgehead atoms. The van der Waals surface area contributed by atoms with Gasteiger partial charge in [-0.15, -0.1) is 0 Å². The van der Waals surface area contributed by atoms with E-state index in [1.54, 1.807) is 0 Å². The van der Waals surface area contributed by atoms with Gasteiger partial charge in [-0.2, -0.15) is 0 Å². The summed E-state index contributed by atoms with van der Waals surface area (Å²) in [6, 6.07) is 10.4. The number of benzene rings is 1. The second-order valence-corrected chi connectivity index (χ2v) is 5.88. The molecule has 1 aromatic heterocycles. The maximum absolute atomic E-state index is 10.8. The Morgan fingerprint density at radius 2 is 2.08 bits per heavy atom. The van der Waals surface area contributed by atoms with Crippen molar-refractivity contribution in [1.29, 1.82) is 0 Å². The second kappa shape index (κ2) is 7.88. The molecular formula is C18H21N3O3. The monoisotopic (exact) mass is 327 g/mol. The van der Waals surface area contributed by atoms with E-state index in [2.05, 4.69) is 39.1 Å². The summed E-state index contributed by atoms with van der Waals surface area (Å²) in [5, 5.41) is 8.85. The molecule has 1 aliphatic rings. The normalized spacial score (nSPS) is 17.2. The van der Waals surface area contributed by atoms with Gasteiger partial charge in [-0.25, -0.2) is 14.8 Å². The van der Waals surface area contributed by atoms with Gasteiger partial charge < -0.3 is 14.7 Å². The van der Waals surface area contributed by atoms with Crippen LogP contribution in [0.3, 0.4) is 0 Å². The smallest absolute Gasteiger partial charge is 0.356 e. The summed E-state index contributed by atoms with van der Waals surface area (Å²) in [4.78, 5) is 21.0. The van der Waals surface area contributed by atoms with Gasteiger partial charge in [-0.3, -0.25) is 0 Å². The molecule has 24 heavy (non-hydrogen) atoms. The van der Waals surface area contributed by atoms with E-state index in [0.29, 0.717) is 5.82 Å². The molecule has 1 saturated heterocycles. The van der Waals surface area contributed by atoms with Gasteiger partial charge in [0.25, 0.3) is 0 Å². The molecule has 6 heteroatoms. The number of rotatable bonds is 7. The predicted molar refractivity (Wildman–Crippen MR) is 90.3 cm³/mol. The fraction of sp³-hybridized carbons (Fsp3) is 0.389. The first-order chi connectivity index (χ1) is 11.7. The lowest BCUT2D eigenvalue weighted by molar-refractivity contribution is 0.0665. The third-order valence-electron chi connectivity index (χ3n) is 4.13. The lowest BCUT2D eigenvalue weighted by Gasteiger charge is -2.17. The Kier molecular flexibility index (Phi) is 5.38. The number of anilines is 1. The predicted octanol–water partition coefficient (Wildman–Crippen LogP) is 2.40. The minimum Gasteiger partial charge on any atom is -0.476 e. The molecule has 2 heterocycles. The summed E-state index contributed by atoms with van der Waals surface area (Å²) in [7, 11) is 0. The van der Waals surface area contributed by atoms with Crippen LogP contribution in [0.1, 0.15) is 28.9 Å². The zero-order valence-corrected chi connectivity index (χ0v) is 13.5. The minimum absolute atomic E-state index is 0.0355. The maximum atomic E-state index is 10.8. The van der Waals surface area contributed by atoms with Gasteiger partial charge in [0.2, 0.25) is 0 Å². The van der Waals surface area contributed by atoms with Crippen molar-refractivity contribution in [1.82, 2.24) is 9.97 Å². The van der Waals surface area contributed by atoms with E-state index in [9.17, 15) is 4.79 Å². The third-order valence-corrected chi connectivity index (χ3v) is 4.13. The zero-order valence-electron chi connectivity index (χ0n) is 13.5. The summed E-state index contributed by atoms with van der Waals surface area (Å²) in [6.07, 6.45) is 6.00. The summed E-state index contributed by atoms with van der Waals surface area (Å²) in [5.74, 6) is -0.356. The number of aromatic nitrogens is 2. The SMILES string of the molecule is O=C(O)c1cnc(N2CCC(OCCCc3ccccc3)C2)cn1. The van der Waals surface area contributed by atoms with Gasteiger partial charge in [0.15, 0.2) is 5.69 Å². The summed E-state index contributed by atoms with van der Waals surface area (Å²) >= 11 is 0. The molecule has 1 aliphatic heterocycles. The van der Waals surface area contributed by atoms with Crippen LogP contribution in [0.2, 0.25) is 0 Å². The van der Waals surface area contributed by atoms with Crippen LogP contribution in [0.25, 0.3) is 0 Å². The molecule has 1 atom stereocenters. The average molecular weight is 327 g/mol. The fourth-order valence-electron chi connectivity index (χ4n) is 2.84. The second-order valence-electron chi connectivity index (χ2n) is 5.88. The van der Waals surface area contributed by atoms with E-state index in [4.69, 9.17) is 9.84 Å². The molecule has 0 amide bonds. The number of carboxylic acids is 1. The van der Waals surface area contributed by atoms with Gasteiger partial charge in [-0.05, 0) is 24.8 Å². The first-order valence-electron chi connectivity index (χ1n) is 8.18. The number of nitrogens with zero attached hydrogens (tertiary/aromatic N) is 3. The molecule has 3 rings (SSSR count). The van der Waals surface area contributed by atoms with Gasteiger partial charge >= 0.3 is 5.97 Å². The van der Waals surface area contributed by atoms with Crippen molar-refractivity contribution in [2.24, 2.45) is 0 Å². The standard InChI is InChI=1S/C18H21N3O3/c22-18(23)16-11-20-17(12-19-16)21-9-8-15(13-21)24-10-4-7-14-5-2-1-3-6-14/h1-3,5-6,11-12,15H,4,7-10,13H2,(H,22,23). The van der Waals surface area contributed by atoms with Gasteiger partial charge in [0, 0.05) is 19.7 Å². The summed E-state index contributed by atoms with van der Waals surface area (Å²) in [5.41, 5.74) is 1.30. The number of ether oxygens (including phenoxy) is 1. The Hall–Kier alpha value is -2.47. The molecular weight excluding hydrogens is 306 g/mol. The Bertz CT molecular complexity index is 661. The number of hydrogen-bond acceptors (Lipinski definition) is 5. The van der Waals surface area contributed by atoms with Gasteiger partial charge in [0.1, 0.15) is 5.82 Å². The van der Waals surface area contributed by atoms with E-state index in [-0.39, 0.29) is 11.8 Å². The highest BCUT2D eigenvalue weighted by Crippen LogP contribution is 2.19. The first-order valence-corrected chi connectivity index (χ1v) is 8.18. The summed E-state index contributed by atoms with van der Waals surface area (Å²) < 4.78 is 5.95. The van der Waals surface area contributed by atoms with Gasteiger partial charge in [-0.1, -0.05) is 30.3 Å². The number of aromatic carboxylic acids is 1. The van der Waals surface area contributed by atoms with Crippen molar-refractivity contribution in [2.75, 3.05) is 24.6 Å². The zero-order chi connectivity index (χ0) is 16.8. The van der Waals surface area contributed by atoms with Crippen LogP contribution in [0.5, 0.6) is 0 Å². The van der Waals surface area contributed by atoms with Crippen molar-refractivity contribution in [3.05, 3.63) is 54.0 Å². The van der Waals surface area contributed by atoms with Crippen LogP contribution in [0.15, 0.2) is 42.7 Å². The van der Waals surface area contributed by atoms with Crippen molar-refractivity contribution < 1.29 is 14.6 Å². The molecule has 0 aliphatic carbocycles. The van der Waals surface area contributed by atoms with E-state index in [0.717, 1.165) is 39.0 Å². The van der Waals surface area contributed by atoms with Crippen LogP contribution < -0.4 is 4.90 Å². The van der Waals surface area contributed by atoms with Crippen LogP contribution in [-0.2, 0) is 11.2 Å². The number of hydrogen-bond donors (Lipinski definition) is 1. The molecule has 0 spiro atoms. The number of aryl methyl sites for hydroxylation is 1. The number of carbonyl (C=O) groups is 1. The molecule has 0 saturated carbocycles. The Labute approximate surface area is 141 Å². The Morgan fingerprint density at radius 3 is 2.79 bits per heavy atom. The fourth-order valence-corrected chi connectivity index (χ4v) is 2.84. The quantitative estimate of drug-likeness (QED) is 0.787. The Morgan fingerprint density at radius 1 is 1.25 bits per heavy atom. The minimum atomic E-state index is -1.06. The highest BCUT2D eigenvalue weighted by molar-refractivity contribution is 5.84.